The van der Waals surface area contributed by atoms with E-state index in [1.165, 1.54) is 25.1 Å². The van der Waals surface area contributed by atoms with E-state index in [9.17, 15) is 29.8 Å². The summed E-state index contributed by atoms with van der Waals surface area (Å²) in [7, 11) is 0. The second kappa shape index (κ2) is 14.4. The highest BCUT2D eigenvalue weighted by atomic mass is 35.5. The van der Waals surface area contributed by atoms with E-state index >= 15 is 0 Å². The largest absolute Gasteiger partial charge is 0.458 e. The SMILES string of the molecule is CC(=O)Nc1ccc([C@@H]2CCCN2c2ccc([N+](=O)[O-])c(Cl)c2)[nH]1.CC(C)(C)OC(=O)[C@@H]1CCCN1c1ccc([N+](=O)[O-])c(Cl)c1. The number of anilines is 3. The zero-order valence-corrected chi connectivity index (χ0v) is 27.4. The molecule has 0 bridgehead atoms. The van der Waals surface area contributed by atoms with Crippen molar-refractivity contribution in [2.24, 2.45) is 0 Å². The minimum Gasteiger partial charge on any atom is -0.458 e. The van der Waals surface area contributed by atoms with Crippen LogP contribution in [0, 0.1) is 20.2 Å². The van der Waals surface area contributed by atoms with Gasteiger partial charge in [-0.1, -0.05) is 23.2 Å². The monoisotopic (exact) mass is 674 g/mol. The van der Waals surface area contributed by atoms with Crippen LogP contribution in [-0.4, -0.2) is 51.4 Å². The highest BCUT2D eigenvalue weighted by Crippen LogP contribution is 2.39. The van der Waals surface area contributed by atoms with Gasteiger partial charge in [0, 0.05) is 49.2 Å². The summed E-state index contributed by atoms with van der Waals surface area (Å²) < 4.78 is 5.44. The van der Waals surface area contributed by atoms with E-state index < -0.39 is 15.4 Å². The van der Waals surface area contributed by atoms with Gasteiger partial charge in [-0.3, -0.25) is 25.0 Å². The third-order valence-electron chi connectivity index (χ3n) is 7.48. The maximum atomic E-state index is 12.3. The Morgan fingerprint density at radius 1 is 0.891 bits per heavy atom. The van der Waals surface area contributed by atoms with E-state index in [4.69, 9.17) is 27.9 Å². The lowest BCUT2D eigenvalue weighted by atomic mass is 10.1. The van der Waals surface area contributed by atoms with Crippen molar-refractivity contribution in [3.05, 3.63) is 84.5 Å². The number of aromatic nitrogens is 1. The maximum absolute atomic E-state index is 12.3. The van der Waals surface area contributed by atoms with Crippen LogP contribution in [0.25, 0.3) is 0 Å². The molecule has 13 nitrogen and oxygen atoms in total. The maximum Gasteiger partial charge on any atom is 0.329 e. The van der Waals surface area contributed by atoms with Crippen LogP contribution in [-0.2, 0) is 14.3 Å². The molecule has 0 spiro atoms. The number of hydrogen-bond acceptors (Lipinski definition) is 9. The van der Waals surface area contributed by atoms with Crippen LogP contribution in [0.3, 0.4) is 0 Å². The molecule has 3 aromatic rings. The number of carbonyl (C=O) groups is 2. The number of halogens is 2. The van der Waals surface area contributed by atoms with Gasteiger partial charge in [-0.25, -0.2) is 4.79 Å². The molecule has 246 valence electrons. The minimum atomic E-state index is -0.543. The molecule has 15 heteroatoms. The van der Waals surface area contributed by atoms with Crippen molar-refractivity contribution in [2.75, 3.05) is 28.2 Å². The number of aromatic amines is 1. The molecular formula is C31H36Cl2N6O7. The summed E-state index contributed by atoms with van der Waals surface area (Å²) in [5, 5.41) is 24.6. The fourth-order valence-corrected chi connectivity index (χ4v) is 6.09. The van der Waals surface area contributed by atoms with Crippen LogP contribution in [0.1, 0.15) is 65.1 Å². The summed E-state index contributed by atoms with van der Waals surface area (Å²) in [5.41, 5.74) is 1.76. The third-order valence-corrected chi connectivity index (χ3v) is 8.09. The van der Waals surface area contributed by atoms with E-state index in [0.717, 1.165) is 37.2 Å². The molecule has 1 amide bonds. The Kier molecular flexibility index (Phi) is 10.8. The second-order valence-electron chi connectivity index (χ2n) is 12.0. The van der Waals surface area contributed by atoms with Gasteiger partial charge in [0.1, 0.15) is 27.5 Å². The average molecular weight is 676 g/mol. The highest BCUT2D eigenvalue weighted by molar-refractivity contribution is 6.33. The summed E-state index contributed by atoms with van der Waals surface area (Å²) in [4.78, 5) is 51.4. The predicted molar refractivity (Wildman–Crippen MR) is 177 cm³/mol. The van der Waals surface area contributed by atoms with Crippen LogP contribution in [0.5, 0.6) is 0 Å². The molecule has 1 aromatic heterocycles. The standard InChI is InChI=1S/C16H17ClN4O3.C15H19ClN2O4/c1-10(22)18-16-7-5-13(19-16)15-3-2-8-20(15)11-4-6-14(21(23)24)12(17)9-11;1-15(2,3)22-14(19)13-5-4-8-17(13)10-6-7-12(18(20)21)11(16)9-10/h4-7,9,15,19H,2-3,8H2,1H3,(H,18,22);6-7,9,13H,4-5,8H2,1-3H3/t15-;13-/m00/s1. The molecule has 2 aliphatic rings. The first kappa shape index (κ1) is 34.5. The summed E-state index contributed by atoms with van der Waals surface area (Å²) >= 11 is 12.0. The molecule has 5 rings (SSSR count). The highest BCUT2D eigenvalue weighted by Gasteiger charge is 2.35. The number of nitrogens with one attached hydrogen (secondary N) is 2. The van der Waals surface area contributed by atoms with Gasteiger partial charge in [-0.2, -0.15) is 0 Å². The topological polar surface area (TPSA) is 164 Å². The lowest BCUT2D eigenvalue weighted by Crippen LogP contribution is -2.40. The van der Waals surface area contributed by atoms with Gasteiger partial charge in [0.2, 0.25) is 5.91 Å². The first-order chi connectivity index (χ1) is 21.6. The summed E-state index contributed by atoms with van der Waals surface area (Å²) in [6.07, 6.45) is 3.52. The minimum absolute atomic E-state index is 0.0670. The van der Waals surface area contributed by atoms with E-state index in [0.29, 0.717) is 24.5 Å². The van der Waals surface area contributed by atoms with Crippen molar-refractivity contribution in [1.82, 2.24) is 4.98 Å². The van der Waals surface area contributed by atoms with Gasteiger partial charge >= 0.3 is 5.97 Å². The normalized spacial score (nSPS) is 17.7. The fraction of sp³-hybridized carbons (Fsp3) is 0.419. The van der Waals surface area contributed by atoms with Crippen LogP contribution in [0.4, 0.5) is 28.6 Å². The second-order valence-corrected chi connectivity index (χ2v) is 12.8. The Bertz CT molecular complexity index is 1620. The first-order valence-electron chi connectivity index (χ1n) is 14.7. The Hall–Kier alpha value is -4.36. The molecule has 2 N–H and O–H groups in total. The van der Waals surface area contributed by atoms with E-state index in [2.05, 4.69) is 15.2 Å². The van der Waals surface area contributed by atoms with Crippen molar-refractivity contribution in [3.63, 3.8) is 0 Å². The van der Waals surface area contributed by atoms with Crippen molar-refractivity contribution in [1.29, 1.82) is 0 Å². The van der Waals surface area contributed by atoms with Gasteiger partial charge in [-0.15, -0.1) is 0 Å². The number of H-pyrrole nitrogens is 1. The lowest BCUT2D eigenvalue weighted by molar-refractivity contribution is -0.384. The molecule has 2 saturated heterocycles. The van der Waals surface area contributed by atoms with Crippen LogP contribution >= 0.6 is 23.2 Å². The number of amides is 1. The van der Waals surface area contributed by atoms with Crippen LogP contribution < -0.4 is 15.1 Å². The van der Waals surface area contributed by atoms with Crippen molar-refractivity contribution >= 4 is 63.6 Å². The average Bonchev–Trinajstić information content (AvgIpc) is 3.72. The number of ether oxygens (including phenoxy) is 1. The summed E-state index contributed by atoms with van der Waals surface area (Å²) in [6, 6.07) is 12.8. The Balaban J connectivity index is 0.000000210. The molecule has 2 atom stereocenters. The predicted octanol–water partition coefficient (Wildman–Crippen LogP) is 7.43. The number of nitrogens with zero attached hydrogens (tertiary/aromatic N) is 4. The number of nitro benzene ring substituents is 2. The number of carbonyl (C=O) groups excluding carboxylic acids is 2. The Labute approximate surface area is 276 Å². The zero-order chi connectivity index (χ0) is 33.8. The van der Waals surface area contributed by atoms with E-state index in [-0.39, 0.29) is 45.4 Å². The number of nitro groups is 2. The van der Waals surface area contributed by atoms with Gasteiger partial charge in [-0.05, 0) is 82.9 Å². The summed E-state index contributed by atoms with van der Waals surface area (Å²) in [6.45, 7) is 8.47. The van der Waals surface area contributed by atoms with Crippen molar-refractivity contribution in [3.8, 4) is 0 Å². The molecule has 0 radical (unpaired) electrons. The van der Waals surface area contributed by atoms with Gasteiger partial charge in [0.05, 0.1) is 15.9 Å². The van der Waals surface area contributed by atoms with Gasteiger partial charge in [0.25, 0.3) is 11.4 Å². The van der Waals surface area contributed by atoms with Gasteiger partial charge in [0.15, 0.2) is 0 Å². The Morgan fingerprint density at radius 3 is 1.96 bits per heavy atom. The molecular weight excluding hydrogens is 639 g/mol. The molecule has 2 fully saturated rings. The smallest absolute Gasteiger partial charge is 0.329 e. The molecule has 3 heterocycles. The van der Waals surface area contributed by atoms with Crippen LogP contribution in [0.15, 0.2) is 48.5 Å². The molecule has 0 unspecified atom stereocenters. The lowest BCUT2D eigenvalue weighted by Gasteiger charge is -2.28. The van der Waals surface area contributed by atoms with E-state index in [1.807, 2.05) is 37.8 Å². The molecule has 0 saturated carbocycles. The molecule has 0 aliphatic carbocycles. The zero-order valence-electron chi connectivity index (χ0n) is 25.9. The van der Waals surface area contributed by atoms with Gasteiger partial charge < -0.3 is 24.8 Å². The third kappa shape index (κ3) is 8.46. The number of hydrogen-bond donors (Lipinski definition) is 2. The summed E-state index contributed by atoms with van der Waals surface area (Å²) in [5.74, 6) is 0.249. The molecule has 46 heavy (non-hydrogen) atoms. The Morgan fingerprint density at radius 2 is 1.43 bits per heavy atom. The van der Waals surface area contributed by atoms with E-state index in [1.54, 1.807) is 18.2 Å². The number of esters is 1. The number of rotatable bonds is 7. The van der Waals surface area contributed by atoms with Crippen molar-refractivity contribution in [2.45, 2.75) is 71.1 Å². The van der Waals surface area contributed by atoms with Crippen LogP contribution in [0.2, 0.25) is 10.0 Å². The first-order valence-corrected chi connectivity index (χ1v) is 15.5. The number of benzene rings is 2. The molecule has 2 aromatic carbocycles. The quantitative estimate of drug-likeness (QED) is 0.147. The molecule has 2 aliphatic heterocycles. The fourth-order valence-electron chi connectivity index (χ4n) is 5.60. The van der Waals surface area contributed by atoms with Crippen molar-refractivity contribution < 1.29 is 24.2 Å².